The number of nitrogens with one attached hydrogen (secondary N) is 1. The molecule has 0 spiro atoms. The second kappa shape index (κ2) is 4.57. The zero-order valence-electron chi connectivity index (χ0n) is 11.1. The molecule has 1 N–H and O–H groups in total. The lowest BCUT2D eigenvalue weighted by atomic mass is 10.4. The summed E-state index contributed by atoms with van der Waals surface area (Å²) in [7, 11) is 0. The number of aryl methyl sites for hydroxylation is 3. The van der Waals surface area contributed by atoms with E-state index in [0.29, 0.717) is 0 Å². The highest BCUT2D eigenvalue weighted by molar-refractivity contribution is 7.71. The van der Waals surface area contributed by atoms with Crippen LogP contribution in [0, 0.1) is 18.6 Å². The maximum atomic E-state index is 5.43. The molecule has 0 aromatic carbocycles. The quantitative estimate of drug-likeness (QED) is 0.755. The minimum Gasteiger partial charge on any atom is -0.328 e. The molecule has 0 aliphatic carbocycles. The monoisotopic (exact) mass is 293 g/mol. The molecule has 0 aliphatic heterocycles. The molecule has 0 radical (unpaired) electrons. The number of nitrogens with zero attached hydrogens (tertiary/aromatic N) is 4. The van der Waals surface area contributed by atoms with Gasteiger partial charge in [0.1, 0.15) is 5.52 Å². The molecule has 19 heavy (non-hydrogen) atoms. The van der Waals surface area contributed by atoms with Crippen LogP contribution in [-0.2, 0) is 13.1 Å². The highest BCUT2D eigenvalue weighted by atomic mass is 32.1. The van der Waals surface area contributed by atoms with Crippen molar-refractivity contribution >= 4 is 34.7 Å². The van der Waals surface area contributed by atoms with Crippen molar-refractivity contribution in [2.45, 2.75) is 33.9 Å². The molecule has 0 amide bonds. The van der Waals surface area contributed by atoms with Gasteiger partial charge in [0.25, 0.3) is 0 Å². The van der Waals surface area contributed by atoms with E-state index in [1.165, 1.54) is 4.88 Å². The molecule has 100 valence electrons. The van der Waals surface area contributed by atoms with Gasteiger partial charge in [-0.25, -0.2) is 9.67 Å². The van der Waals surface area contributed by atoms with Crippen LogP contribution in [0.2, 0.25) is 0 Å². The van der Waals surface area contributed by atoms with Gasteiger partial charge in [-0.2, -0.15) is 5.10 Å². The van der Waals surface area contributed by atoms with Crippen molar-refractivity contribution in [2.75, 3.05) is 0 Å². The minimum atomic E-state index is 0.740. The van der Waals surface area contributed by atoms with E-state index in [9.17, 15) is 0 Å². The van der Waals surface area contributed by atoms with Crippen LogP contribution in [0.15, 0.2) is 6.20 Å². The first-order chi connectivity index (χ1) is 9.10. The van der Waals surface area contributed by atoms with Gasteiger partial charge in [-0.3, -0.25) is 4.57 Å². The number of aromatic amines is 1. The van der Waals surface area contributed by atoms with E-state index >= 15 is 0 Å². The Morgan fingerprint density at radius 1 is 1.42 bits per heavy atom. The smallest absolute Gasteiger partial charge is 0.179 e. The van der Waals surface area contributed by atoms with Crippen molar-refractivity contribution < 1.29 is 0 Å². The first-order valence-corrected chi connectivity index (χ1v) is 7.40. The van der Waals surface area contributed by atoms with Gasteiger partial charge in [0, 0.05) is 17.6 Å². The topological polar surface area (TPSA) is 51.4 Å². The third kappa shape index (κ3) is 2.02. The van der Waals surface area contributed by atoms with Gasteiger partial charge in [-0.15, -0.1) is 11.3 Å². The zero-order valence-corrected chi connectivity index (χ0v) is 12.7. The fourth-order valence-corrected chi connectivity index (χ4v) is 3.30. The Bertz CT molecular complexity index is 789. The number of hydrogen-bond acceptors (Lipinski definition) is 4. The second-order valence-electron chi connectivity index (χ2n) is 4.46. The Labute approximate surface area is 119 Å². The standard InChI is InChI=1S/C12H15N5S2/c1-4-17-11-10(7(2)15-17)14-12(18)16(11)6-9-5-13-8(3)19-9/h5H,4,6H2,1-3H3,(H,14,18). The Morgan fingerprint density at radius 3 is 2.84 bits per heavy atom. The summed E-state index contributed by atoms with van der Waals surface area (Å²) in [6.07, 6.45) is 1.92. The van der Waals surface area contributed by atoms with Gasteiger partial charge in [0.15, 0.2) is 10.4 Å². The Kier molecular flexibility index (Phi) is 3.02. The van der Waals surface area contributed by atoms with Crippen LogP contribution < -0.4 is 0 Å². The minimum absolute atomic E-state index is 0.740. The zero-order chi connectivity index (χ0) is 13.6. The lowest BCUT2D eigenvalue weighted by Crippen LogP contribution is -2.05. The van der Waals surface area contributed by atoms with Crippen LogP contribution in [0.5, 0.6) is 0 Å². The maximum Gasteiger partial charge on any atom is 0.179 e. The molecule has 3 aromatic rings. The fourth-order valence-electron chi connectivity index (χ4n) is 2.26. The first kappa shape index (κ1) is 12.6. The van der Waals surface area contributed by atoms with Crippen molar-refractivity contribution in [2.24, 2.45) is 0 Å². The van der Waals surface area contributed by atoms with Crippen LogP contribution in [0.25, 0.3) is 11.2 Å². The van der Waals surface area contributed by atoms with Crippen molar-refractivity contribution in [3.63, 3.8) is 0 Å². The Hall–Kier alpha value is -1.47. The van der Waals surface area contributed by atoms with E-state index in [0.717, 1.165) is 39.7 Å². The number of thiazole rings is 1. The van der Waals surface area contributed by atoms with Crippen molar-refractivity contribution in [1.29, 1.82) is 0 Å². The lowest BCUT2D eigenvalue weighted by molar-refractivity contribution is 0.644. The van der Waals surface area contributed by atoms with Crippen molar-refractivity contribution in [3.8, 4) is 0 Å². The van der Waals surface area contributed by atoms with Crippen LogP contribution in [0.4, 0.5) is 0 Å². The van der Waals surface area contributed by atoms with E-state index in [4.69, 9.17) is 12.2 Å². The van der Waals surface area contributed by atoms with Crippen molar-refractivity contribution in [3.05, 3.63) is 26.5 Å². The van der Waals surface area contributed by atoms with Gasteiger partial charge in [0.05, 0.1) is 17.2 Å². The number of aromatic nitrogens is 5. The number of H-pyrrole nitrogens is 1. The Morgan fingerprint density at radius 2 is 2.21 bits per heavy atom. The summed E-state index contributed by atoms with van der Waals surface area (Å²) in [4.78, 5) is 8.75. The van der Waals surface area contributed by atoms with Gasteiger partial charge in [-0.05, 0) is 33.0 Å². The maximum absolute atomic E-state index is 5.43. The average molecular weight is 293 g/mol. The molecule has 0 saturated heterocycles. The molecule has 3 heterocycles. The van der Waals surface area contributed by atoms with Gasteiger partial charge < -0.3 is 4.98 Å². The van der Waals surface area contributed by atoms with Crippen molar-refractivity contribution in [1.82, 2.24) is 24.3 Å². The Balaban J connectivity index is 2.17. The number of hydrogen-bond donors (Lipinski definition) is 1. The normalized spacial score (nSPS) is 11.5. The van der Waals surface area contributed by atoms with Gasteiger partial charge in [0.2, 0.25) is 0 Å². The molecule has 0 bridgehead atoms. The summed E-state index contributed by atoms with van der Waals surface area (Å²) in [6, 6.07) is 0. The predicted octanol–water partition coefficient (Wildman–Crippen LogP) is 3.04. The lowest BCUT2D eigenvalue weighted by Gasteiger charge is -2.04. The van der Waals surface area contributed by atoms with E-state index in [-0.39, 0.29) is 0 Å². The van der Waals surface area contributed by atoms with Crippen LogP contribution in [-0.4, -0.2) is 24.3 Å². The number of fused-ring (bicyclic) bond motifs is 1. The SMILES string of the molecule is CCn1nc(C)c2[nH]c(=S)n(Cc3cnc(C)s3)c21. The number of rotatable bonds is 3. The third-order valence-corrected chi connectivity index (χ3v) is 4.34. The van der Waals surface area contributed by atoms with E-state index in [1.807, 2.05) is 24.7 Å². The summed E-state index contributed by atoms with van der Waals surface area (Å²) < 4.78 is 4.83. The predicted molar refractivity (Wildman–Crippen MR) is 79.3 cm³/mol. The summed E-state index contributed by atoms with van der Waals surface area (Å²) in [5.74, 6) is 0. The second-order valence-corrected chi connectivity index (χ2v) is 6.17. The number of imidazole rings is 1. The molecular formula is C12H15N5S2. The first-order valence-electron chi connectivity index (χ1n) is 6.17. The highest BCUT2D eigenvalue weighted by Crippen LogP contribution is 2.21. The van der Waals surface area contributed by atoms with E-state index in [2.05, 4.69) is 26.6 Å². The summed E-state index contributed by atoms with van der Waals surface area (Å²) >= 11 is 7.13. The molecule has 0 fully saturated rings. The summed E-state index contributed by atoms with van der Waals surface area (Å²) in [5.41, 5.74) is 3.09. The molecule has 7 heteroatoms. The highest BCUT2D eigenvalue weighted by Gasteiger charge is 2.14. The molecule has 0 atom stereocenters. The molecular weight excluding hydrogens is 278 g/mol. The summed E-state index contributed by atoms with van der Waals surface area (Å²) in [6.45, 7) is 7.68. The largest absolute Gasteiger partial charge is 0.328 e. The molecule has 0 aliphatic rings. The average Bonchev–Trinajstić information content (AvgIpc) is 3.00. The van der Waals surface area contributed by atoms with Gasteiger partial charge >= 0.3 is 0 Å². The van der Waals surface area contributed by atoms with Crippen LogP contribution in [0.3, 0.4) is 0 Å². The molecule has 0 unspecified atom stereocenters. The van der Waals surface area contributed by atoms with Crippen LogP contribution in [0.1, 0.15) is 22.5 Å². The fraction of sp³-hybridized carbons (Fsp3) is 0.417. The molecule has 3 rings (SSSR count). The van der Waals surface area contributed by atoms with E-state index < -0.39 is 0 Å². The third-order valence-electron chi connectivity index (χ3n) is 3.12. The molecule has 3 aromatic heterocycles. The van der Waals surface area contributed by atoms with E-state index in [1.54, 1.807) is 11.3 Å². The molecule has 5 nitrogen and oxygen atoms in total. The van der Waals surface area contributed by atoms with Crippen LogP contribution >= 0.6 is 23.6 Å². The van der Waals surface area contributed by atoms with Gasteiger partial charge in [-0.1, -0.05) is 0 Å². The molecule has 0 saturated carbocycles. The summed E-state index contributed by atoms with van der Waals surface area (Å²) in [5, 5.41) is 5.60.